The van der Waals surface area contributed by atoms with Gasteiger partial charge in [0.05, 0.1) is 40.1 Å². The summed E-state index contributed by atoms with van der Waals surface area (Å²) in [5.41, 5.74) is 3.38. The van der Waals surface area contributed by atoms with E-state index in [0.717, 1.165) is 18.1 Å². The number of hydrogen-bond acceptors (Lipinski definition) is 5. The molecule has 0 bridgehead atoms. The molecule has 124 valence electrons. The van der Waals surface area contributed by atoms with Crippen LogP contribution in [-0.4, -0.2) is 53.5 Å². The Bertz CT molecular complexity index is 481. The molecule has 1 aliphatic rings. The number of rotatable bonds is 5. The molecule has 0 atom stereocenters. The van der Waals surface area contributed by atoms with Gasteiger partial charge < -0.3 is 31.4 Å². The first-order chi connectivity index (χ1) is 10.2. The highest BCUT2D eigenvalue weighted by Crippen LogP contribution is 2.38. The van der Waals surface area contributed by atoms with Gasteiger partial charge in [-0.15, -0.1) is 0 Å². The van der Waals surface area contributed by atoms with Crippen LogP contribution in [0.25, 0.3) is 0 Å². The van der Waals surface area contributed by atoms with E-state index >= 15 is 0 Å². The molecule has 1 amide bonds. The standard InChI is InChI=1S/C14H20N2O5.ClH/c1-18-11-8-10(9-12(19-2)13(11)20-3)14(17)15-16-4-6-21-7-5-16;/h8-9H,4-7H2,1-3H3,(H,15,17);1H. The minimum Gasteiger partial charge on any atom is -1.00 e. The topological polar surface area (TPSA) is 70.5 Å². The molecule has 1 aliphatic heterocycles. The Morgan fingerprint density at radius 3 is 2.09 bits per heavy atom. The van der Waals surface area contributed by atoms with Crippen molar-refractivity contribution < 1.29 is 41.2 Å². The lowest BCUT2D eigenvalue weighted by Gasteiger charge is -2.23. The molecule has 8 heteroatoms. The largest absolute Gasteiger partial charge is 1.00 e. The molecule has 1 aromatic rings. The molecule has 0 aliphatic carbocycles. The molecule has 1 aromatic carbocycles. The lowest BCUT2D eigenvalue weighted by atomic mass is 10.1. The summed E-state index contributed by atoms with van der Waals surface area (Å²) in [4.78, 5) is 12.3. The van der Waals surface area contributed by atoms with Gasteiger partial charge in [0.1, 0.15) is 13.1 Å². The number of carbonyl (C=O) groups is 1. The van der Waals surface area contributed by atoms with E-state index in [4.69, 9.17) is 18.9 Å². The Morgan fingerprint density at radius 1 is 1.09 bits per heavy atom. The van der Waals surface area contributed by atoms with Crippen molar-refractivity contribution in [2.45, 2.75) is 0 Å². The van der Waals surface area contributed by atoms with E-state index in [9.17, 15) is 4.79 Å². The number of benzene rings is 1. The predicted molar refractivity (Wildman–Crippen MR) is 75.1 cm³/mol. The molecule has 0 spiro atoms. The molecule has 2 N–H and O–H groups in total. The van der Waals surface area contributed by atoms with E-state index in [2.05, 4.69) is 5.43 Å². The number of ether oxygens (including phenoxy) is 4. The van der Waals surface area contributed by atoms with Crippen LogP contribution in [0.1, 0.15) is 10.4 Å². The second-order valence-corrected chi connectivity index (χ2v) is 4.58. The highest BCUT2D eigenvalue weighted by Gasteiger charge is 2.21. The van der Waals surface area contributed by atoms with E-state index < -0.39 is 0 Å². The molecule has 1 fully saturated rings. The number of morpholine rings is 1. The third kappa shape index (κ3) is 4.16. The van der Waals surface area contributed by atoms with Gasteiger partial charge in [-0.3, -0.25) is 4.79 Å². The van der Waals surface area contributed by atoms with E-state index in [-0.39, 0.29) is 18.3 Å². The minimum atomic E-state index is -0.189. The van der Waals surface area contributed by atoms with Crippen LogP contribution in [0.4, 0.5) is 0 Å². The molecule has 0 saturated carbocycles. The summed E-state index contributed by atoms with van der Waals surface area (Å²) in [6.45, 7) is 2.78. The van der Waals surface area contributed by atoms with Crippen LogP contribution in [0, 0.1) is 0 Å². The molecule has 2 rings (SSSR count). The lowest BCUT2D eigenvalue weighted by Crippen LogP contribution is -3.20. The fourth-order valence-electron chi connectivity index (χ4n) is 2.19. The zero-order valence-corrected chi connectivity index (χ0v) is 13.7. The van der Waals surface area contributed by atoms with Crippen molar-refractivity contribution in [2.24, 2.45) is 0 Å². The molecule has 1 saturated heterocycles. The maximum atomic E-state index is 12.3. The summed E-state index contributed by atoms with van der Waals surface area (Å²) in [7, 11) is 4.57. The van der Waals surface area contributed by atoms with Gasteiger partial charge in [0.25, 0.3) is 5.91 Å². The van der Waals surface area contributed by atoms with E-state index in [1.807, 2.05) is 0 Å². The third-order valence-electron chi connectivity index (χ3n) is 3.31. The van der Waals surface area contributed by atoms with Crippen LogP contribution in [0.5, 0.6) is 17.2 Å². The molecule has 22 heavy (non-hydrogen) atoms. The predicted octanol–water partition coefficient (Wildman–Crippen LogP) is -3.72. The summed E-state index contributed by atoms with van der Waals surface area (Å²) < 4.78 is 21.0. The van der Waals surface area contributed by atoms with Crippen LogP contribution < -0.4 is 37.1 Å². The van der Waals surface area contributed by atoms with Gasteiger partial charge in [0.15, 0.2) is 11.5 Å². The number of amides is 1. The summed E-state index contributed by atoms with van der Waals surface area (Å²) in [5, 5.41) is 0.986. The highest BCUT2D eigenvalue weighted by molar-refractivity contribution is 5.94. The van der Waals surface area contributed by atoms with Gasteiger partial charge in [-0.05, 0) is 12.1 Å². The normalized spacial score (nSPS) is 14.7. The zero-order valence-electron chi connectivity index (χ0n) is 12.9. The number of methoxy groups -OCH3 is 3. The molecular formula is C14H21ClN2O5. The number of halogens is 1. The smallest absolute Gasteiger partial charge is 0.296 e. The van der Waals surface area contributed by atoms with E-state index in [1.165, 1.54) is 21.3 Å². The second kappa shape index (κ2) is 8.67. The van der Waals surface area contributed by atoms with Crippen molar-refractivity contribution in [1.82, 2.24) is 5.43 Å². The van der Waals surface area contributed by atoms with Crippen molar-refractivity contribution in [2.75, 3.05) is 47.6 Å². The van der Waals surface area contributed by atoms with Gasteiger partial charge in [0, 0.05) is 0 Å². The maximum absolute atomic E-state index is 12.3. The van der Waals surface area contributed by atoms with Crippen LogP contribution in [0.15, 0.2) is 12.1 Å². The average molecular weight is 333 g/mol. The summed E-state index contributed by atoms with van der Waals surface area (Å²) >= 11 is 0. The van der Waals surface area contributed by atoms with Crippen LogP contribution in [0.3, 0.4) is 0 Å². The SMILES string of the molecule is COc1cc(C(=O)N[NH+]2CCOCC2)cc(OC)c1OC.[Cl-]. The van der Waals surface area contributed by atoms with E-state index in [0.29, 0.717) is 36.0 Å². The fourth-order valence-corrected chi connectivity index (χ4v) is 2.19. The molecule has 0 radical (unpaired) electrons. The zero-order chi connectivity index (χ0) is 15.2. The monoisotopic (exact) mass is 332 g/mol. The van der Waals surface area contributed by atoms with Gasteiger partial charge >= 0.3 is 0 Å². The third-order valence-corrected chi connectivity index (χ3v) is 3.31. The van der Waals surface area contributed by atoms with Crippen molar-refractivity contribution in [3.8, 4) is 17.2 Å². The second-order valence-electron chi connectivity index (χ2n) is 4.58. The maximum Gasteiger partial charge on any atom is 0.296 e. The first-order valence-electron chi connectivity index (χ1n) is 6.73. The Balaban J connectivity index is 0.00000242. The van der Waals surface area contributed by atoms with Crippen molar-refractivity contribution >= 4 is 5.91 Å². The first-order valence-corrected chi connectivity index (χ1v) is 6.73. The molecule has 0 aromatic heterocycles. The van der Waals surface area contributed by atoms with Crippen LogP contribution in [0.2, 0.25) is 0 Å². The Hall–Kier alpha value is -1.70. The average Bonchev–Trinajstić information content (AvgIpc) is 2.54. The lowest BCUT2D eigenvalue weighted by molar-refractivity contribution is -0.942. The van der Waals surface area contributed by atoms with Crippen molar-refractivity contribution in [1.29, 1.82) is 0 Å². The minimum absolute atomic E-state index is 0. The van der Waals surface area contributed by atoms with Gasteiger partial charge in [0.2, 0.25) is 5.75 Å². The highest BCUT2D eigenvalue weighted by atomic mass is 35.5. The van der Waals surface area contributed by atoms with Gasteiger partial charge in [-0.1, -0.05) is 0 Å². The first kappa shape index (κ1) is 18.3. The quantitative estimate of drug-likeness (QED) is 0.580. The summed E-state index contributed by atoms with van der Waals surface area (Å²) in [5.74, 6) is 1.19. The van der Waals surface area contributed by atoms with E-state index in [1.54, 1.807) is 12.1 Å². The molecule has 0 unspecified atom stereocenters. The Labute approximate surface area is 135 Å². The van der Waals surface area contributed by atoms with Crippen molar-refractivity contribution in [3.05, 3.63) is 17.7 Å². The van der Waals surface area contributed by atoms with Crippen LogP contribution >= 0.6 is 0 Å². The van der Waals surface area contributed by atoms with Gasteiger partial charge in [-0.25, -0.2) is 5.01 Å². The number of nitrogens with one attached hydrogen (secondary N) is 2. The van der Waals surface area contributed by atoms with Gasteiger partial charge in [-0.2, -0.15) is 5.43 Å². The Morgan fingerprint density at radius 2 is 1.64 bits per heavy atom. The molecule has 1 heterocycles. The number of hydrogen-bond donors (Lipinski definition) is 2. The molecule has 7 nitrogen and oxygen atoms in total. The number of carbonyl (C=O) groups excluding carboxylic acids is 1. The summed E-state index contributed by atoms with van der Waals surface area (Å²) in [6.07, 6.45) is 0. The van der Waals surface area contributed by atoms with Crippen LogP contribution in [-0.2, 0) is 4.74 Å². The molecular weight excluding hydrogens is 312 g/mol. The Kier molecular flexibility index (Phi) is 7.23. The summed E-state index contributed by atoms with van der Waals surface area (Å²) in [6, 6.07) is 3.27. The van der Waals surface area contributed by atoms with Crippen molar-refractivity contribution in [3.63, 3.8) is 0 Å². The fraction of sp³-hybridized carbons (Fsp3) is 0.500. The number of quaternary nitrogens is 1.